The molecule has 26 heavy (non-hydrogen) atoms. The van der Waals surface area contributed by atoms with Crippen molar-refractivity contribution in [1.82, 2.24) is 5.32 Å². The van der Waals surface area contributed by atoms with Crippen molar-refractivity contribution in [2.24, 2.45) is 0 Å². The van der Waals surface area contributed by atoms with Gasteiger partial charge in [0.1, 0.15) is 0 Å². The first-order chi connectivity index (χ1) is 12.6. The summed E-state index contributed by atoms with van der Waals surface area (Å²) in [5, 5.41) is 3.29. The topological polar surface area (TPSA) is 55.4 Å². The third-order valence-corrected chi connectivity index (χ3v) is 4.93. The van der Waals surface area contributed by atoms with Crippen molar-refractivity contribution >= 4 is 23.5 Å². The first kappa shape index (κ1) is 18.5. The molecule has 0 atom stereocenters. The van der Waals surface area contributed by atoms with E-state index >= 15 is 0 Å². The second-order valence-electron chi connectivity index (χ2n) is 6.52. The molecule has 136 valence electrons. The maximum Gasteiger partial charge on any atom is 0.310 e. The van der Waals surface area contributed by atoms with Crippen LogP contribution in [0.25, 0.3) is 0 Å². The summed E-state index contributed by atoms with van der Waals surface area (Å²) in [5.41, 5.74) is 4.47. The van der Waals surface area contributed by atoms with Gasteiger partial charge in [-0.05, 0) is 54.0 Å². The van der Waals surface area contributed by atoms with Crippen molar-refractivity contribution < 1.29 is 14.3 Å². The highest BCUT2D eigenvalue weighted by Gasteiger charge is 2.13. The summed E-state index contributed by atoms with van der Waals surface area (Å²) >= 11 is 6.04. The average molecular weight is 372 g/mol. The van der Waals surface area contributed by atoms with E-state index in [2.05, 4.69) is 17.4 Å². The molecular weight excluding hydrogens is 350 g/mol. The number of fused-ring (bicyclic) bond motifs is 1. The third-order valence-electron chi connectivity index (χ3n) is 4.56. The lowest BCUT2D eigenvalue weighted by Gasteiger charge is -2.16. The van der Waals surface area contributed by atoms with Crippen LogP contribution in [0.5, 0.6) is 0 Å². The maximum absolute atomic E-state index is 12.0. The molecule has 0 unspecified atom stereocenters. The number of rotatable bonds is 6. The van der Waals surface area contributed by atoms with E-state index in [1.54, 1.807) is 6.07 Å². The Kier molecular flexibility index (Phi) is 6.29. The Labute approximate surface area is 158 Å². The van der Waals surface area contributed by atoms with E-state index in [-0.39, 0.29) is 18.9 Å². The summed E-state index contributed by atoms with van der Waals surface area (Å²) in [7, 11) is 0. The van der Waals surface area contributed by atoms with Gasteiger partial charge in [0, 0.05) is 11.6 Å². The van der Waals surface area contributed by atoms with Crippen LogP contribution in [0.3, 0.4) is 0 Å². The lowest BCUT2D eigenvalue weighted by Crippen LogP contribution is -2.28. The van der Waals surface area contributed by atoms with E-state index in [0.29, 0.717) is 11.6 Å². The van der Waals surface area contributed by atoms with Gasteiger partial charge in [-0.2, -0.15) is 0 Å². The minimum Gasteiger partial charge on any atom is -0.455 e. The molecule has 0 heterocycles. The van der Waals surface area contributed by atoms with Gasteiger partial charge in [0.2, 0.25) is 0 Å². The standard InChI is InChI=1S/C21H22ClNO3/c22-19-8-4-3-7-18(19)13-23-20(24)14-26-21(25)12-15-9-10-16-5-1-2-6-17(16)11-15/h3-4,7-11H,1-2,5-6,12-14H2,(H,23,24). The quantitative estimate of drug-likeness (QED) is 0.789. The summed E-state index contributed by atoms with van der Waals surface area (Å²) in [5.74, 6) is -0.739. The largest absolute Gasteiger partial charge is 0.455 e. The molecular formula is C21H22ClNO3. The summed E-state index contributed by atoms with van der Waals surface area (Å²) in [4.78, 5) is 23.8. The SMILES string of the molecule is O=C(COC(=O)Cc1ccc2c(c1)CCCC2)NCc1ccccc1Cl. The van der Waals surface area contributed by atoms with Crippen LogP contribution in [0, 0.1) is 0 Å². The second kappa shape index (κ2) is 8.86. The number of aryl methyl sites for hydroxylation is 2. The van der Waals surface area contributed by atoms with Gasteiger partial charge in [0.25, 0.3) is 5.91 Å². The van der Waals surface area contributed by atoms with Crippen LogP contribution in [0.2, 0.25) is 5.02 Å². The molecule has 0 fully saturated rings. The number of nitrogens with one attached hydrogen (secondary N) is 1. The van der Waals surface area contributed by atoms with Crippen LogP contribution in [-0.4, -0.2) is 18.5 Å². The van der Waals surface area contributed by atoms with Crippen molar-refractivity contribution in [3.05, 3.63) is 69.7 Å². The van der Waals surface area contributed by atoms with Crippen molar-refractivity contribution in [2.45, 2.75) is 38.6 Å². The average Bonchev–Trinajstić information content (AvgIpc) is 2.65. The maximum atomic E-state index is 12.0. The fraction of sp³-hybridized carbons (Fsp3) is 0.333. The van der Waals surface area contributed by atoms with E-state index in [9.17, 15) is 9.59 Å². The normalized spacial score (nSPS) is 13.0. The fourth-order valence-corrected chi connectivity index (χ4v) is 3.35. The summed E-state index contributed by atoms with van der Waals surface area (Å²) in [6, 6.07) is 13.5. The van der Waals surface area contributed by atoms with Crippen molar-refractivity contribution in [3.8, 4) is 0 Å². The van der Waals surface area contributed by atoms with E-state index in [0.717, 1.165) is 24.0 Å². The Morgan fingerprint density at radius 1 is 1.04 bits per heavy atom. The predicted octanol–water partition coefficient (Wildman–Crippen LogP) is 3.62. The van der Waals surface area contributed by atoms with Gasteiger partial charge in [-0.15, -0.1) is 0 Å². The van der Waals surface area contributed by atoms with E-state index < -0.39 is 5.97 Å². The van der Waals surface area contributed by atoms with Crippen LogP contribution >= 0.6 is 11.6 Å². The lowest BCUT2D eigenvalue weighted by molar-refractivity contribution is -0.147. The minimum absolute atomic E-state index is 0.186. The number of carbonyl (C=O) groups excluding carboxylic acids is 2. The van der Waals surface area contributed by atoms with Crippen LogP contribution < -0.4 is 5.32 Å². The highest BCUT2D eigenvalue weighted by molar-refractivity contribution is 6.31. The smallest absolute Gasteiger partial charge is 0.310 e. The zero-order valence-corrected chi connectivity index (χ0v) is 15.3. The van der Waals surface area contributed by atoms with E-state index in [4.69, 9.17) is 16.3 Å². The Balaban J connectivity index is 1.43. The highest BCUT2D eigenvalue weighted by atomic mass is 35.5. The fourth-order valence-electron chi connectivity index (χ4n) is 3.15. The van der Waals surface area contributed by atoms with Crippen LogP contribution in [0.4, 0.5) is 0 Å². The summed E-state index contributed by atoms with van der Waals surface area (Å²) < 4.78 is 5.09. The molecule has 0 saturated heterocycles. The molecule has 0 spiro atoms. The van der Waals surface area contributed by atoms with Gasteiger partial charge in [-0.3, -0.25) is 9.59 Å². The number of hydrogen-bond acceptors (Lipinski definition) is 3. The monoisotopic (exact) mass is 371 g/mol. The minimum atomic E-state index is -0.395. The molecule has 3 rings (SSSR count). The molecule has 0 aliphatic heterocycles. The Bertz CT molecular complexity index is 804. The number of amides is 1. The molecule has 1 N–H and O–H groups in total. The Morgan fingerprint density at radius 2 is 1.81 bits per heavy atom. The molecule has 1 aliphatic carbocycles. The first-order valence-electron chi connectivity index (χ1n) is 8.88. The zero-order chi connectivity index (χ0) is 18.4. The molecule has 1 amide bonds. The molecule has 4 nitrogen and oxygen atoms in total. The second-order valence-corrected chi connectivity index (χ2v) is 6.92. The van der Waals surface area contributed by atoms with Crippen molar-refractivity contribution in [3.63, 3.8) is 0 Å². The molecule has 2 aromatic rings. The molecule has 0 aromatic heterocycles. The van der Waals surface area contributed by atoms with Gasteiger partial charge in [-0.25, -0.2) is 0 Å². The summed E-state index contributed by atoms with van der Waals surface area (Å²) in [6.07, 6.45) is 4.81. The summed E-state index contributed by atoms with van der Waals surface area (Å²) in [6.45, 7) is 0.0229. The van der Waals surface area contributed by atoms with Gasteiger partial charge in [-0.1, -0.05) is 48.0 Å². The van der Waals surface area contributed by atoms with Crippen LogP contribution in [0.1, 0.15) is 35.1 Å². The third kappa shape index (κ3) is 5.09. The van der Waals surface area contributed by atoms with Crippen molar-refractivity contribution in [1.29, 1.82) is 0 Å². The Morgan fingerprint density at radius 3 is 2.62 bits per heavy atom. The molecule has 2 aromatic carbocycles. The van der Waals surface area contributed by atoms with Crippen LogP contribution in [0.15, 0.2) is 42.5 Å². The van der Waals surface area contributed by atoms with Gasteiger partial charge in [0.15, 0.2) is 6.61 Å². The number of hydrogen-bond donors (Lipinski definition) is 1. The van der Waals surface area contributed by atoms with Gasteiger partial charge in [0.05, 0.1) is 6.42 Å². The number of carbonyl (C=O) groups is 2. The van der Waals surface area contributed by atoms with Gasteiger partial charge >= 0.3 is 5.97 Å². The number of halogens is 1. The zero-order valence-electron chi connectivity index (χ0n) is 14.6. The van der Waals surface area contributed by atoms with E-state index in [1.807, 2.05) is 24.3 Å². The molecule has 0 radical (unpaired) electrons. The number of benzene rings is 2. The first-order valence-corrected chi connectivity index (χ1v) is 9.26. The van der Waals surface area contributed by atoms with Crippen LogP contribution in [-0.2, 0) is 40.1 Å². The lowest BCUT2D eigenvalue weighted by atomic mass is 9.90. The molecule has 0 saturated carbocycles. The van der Waals surface area contributed by atoms with Crippen molar-refractivity contribution in [2.75, 3.05) is 6.61 Å². The highest BCUT2D eigenvalue weighted by Crippen LogP contribution is 2.22. The predicted molar refractivity (Wildman–Crippen MR) is 101 cm³/mol. The number of esters is 1. The molecule has 0 bridgehead atoms. The molecule has 1 aliphatic rings. The van der Waals surface area contributed by atoms with E-state index in [1.165, 1.54) is 24.0 Å². The molecule has 5 heteroatoms. The Hall–Kier alpha value is -2.33. The van der Waals surface area contributed by atoms with Gasteiger partial charge < -0.3 is 10.1 Å². The number of ether oxygens (including phenoxy) is 1.